The third-order valence-corrected chi connectivity index (χ3v) is 8.89. The molecule has 3 heteroatoms. The van der Waals surface area contributed by atoms with Crippen LogP contribution >= 0.6 is 7.26 Å². The van der Waals surface area contributed by atoms with E-state index >= 15 is 0 Å². The maximum absolute atomic E-state index is 4.63. The highest BCUT2D eigenvalue weighted by Crippen LogP contribution is 2.53. The van der Waals surface area contributed by atoms with Crippen LogP contribution in [0.4, 0.5) is 0 Å². The zero-order valence-corrected chi connectivity index (χ0v) is 16.8. The van der Waals surface area contributed by atoms with Gasteiger partial charge in [-0.1, -0.05) is 54.6 Å². The number of hydrogen-bond acceptors (Lipinski definition) is 1. The molecule has 1 nitrogen and oxygen atoms in total. The van der Waals surface area contributed by atoms with Crippen molar-refractivity contribution >= 4 is 23.2 Å². The second kappa shape index (κ2) is 8.48. The van der Waals surface area contributed by atoms with Crippen molar-refractivity contribution in [2.75, 3.05) is 6.66 Å². The summed E-state index contributed by atoms with van der Waals surface area (Å²) in [6.45, 7) is 2.42. The summed E-state index contributed by atoms with van der Waals surface area (Å²) in [6.07, 6.45) is 1.87. The Morgan fingerprint density at radius 3 is 1.67 bits per heavy atom. The lowest BCUT2D eigenvalue weighted by atomic mass is 10.1. The van der Waals surface area contributed by atoms with Gasteiger partial charge in [-0.25, -0.2) is 0 Å². The molecule has 0 aliphatic heterocycles. The fourth-order valence-corrected chi connectivity index (χ4v) is 6.93. The van der Waals surface area contributed by atoms with Crippen LogP contribution in [0.15, 0.2) is 109 Å². The minimum atomic E-state index is -1.77. The molecule has 0 bridgehead atoms. The molecule has 0 aliphatic carbocycles. The van der Waals surface area contributed by atoms with Gasteiger partial charge in [-0.3, -0.25) is 4.98 Å². The molecule has 0 unspecified atom stereocenters. The molecule has 0 spiro atoms. The number of rotatable bonds is 4. The highest BCUT2D eigenvalue weighted by Gasteiger charge is 2.42. The molecule has 1 aromatic heterocycles. The van der Waals surface area contributed by atoms with E-state index in [9.17, 15) is 0 Å². The summed E-state index contributed by atoms with van der Waals surface area (Å²) < 4.78 is 0. The van der Waals surface area contributed by atoms with Crippen LogP contribution in [0.25, 0.3) is 11.3 Å². The van der Waals surface area contributed by atoms with Gasteiger partial charge in [-0.2, -0.15) is 0 Å². The second-order valence-corrected chi connectivity index (χ2v) is 9.94. The molecule has 0 fully saturated rings. The van der Waals surface area contributed by atoms with Gasteiger partial charge in [-0.05, 0) is 48.5 Å². The molecule has 0 atom stereocenters. The molecule has 0 saturated heterocycles. The van der Waals surface area contributed by atoms with E-state index in [0.717, 1.165) is 5.69 Å². The Morgan fingerprint density at radius 1 is 0.593 bits per heavy atom. The van der Waals surface area contributed by atoms with E-state index in [2.05, 4.69) is 109 Å². The first-order chi connectivity index (χ1) is 12.8. The molecule has 134 valence electrons. The Hall–Kier alpha value is -2.47. The minimum absolute atomic E-state index is 0. The maximum Gasteiger partial charge on any atom is 0.113 e. The Bertz CT molecular complexity index is 949. The van der Waals surface area contributed by atoms with Crippen molar-refractivity contribution in [3.63, 3.8) is 0 Å². The second-order valence-electron chi connectivity index (χ2n) is 6.41. The Labute approximate surface area is 167 Å². The van der Waals surface area contributed by atoms with Crippen molar-refractivity contribution in [1.29, 1.82) is 0 Å². The van der Waals surface area contributed by atoms with Gasteiger partial charge in [0, 0.05) is 11.8 Å². The average molecular weight is 390 g/mol. The molecule has 4 rings (SSSR count). The zero-order valence-electron chi connectivity index (χ0n) is 15.2. The van der Waals surface area contributed by atoms with Crippen LogP contribution in [0.1, 0.15) is 0 Å². The first-order valence-corrected chi connectivity index (χ1v) is 11.0. The van der Waals surface area contributed by atoms with Crippen molar-refractivity contribution in [3.05, 3.63) is 109 Å². The quantitative estimate of drug-likeness (QED) is 0.484. The summed E-state index contributed by atoms with van der Waals surface area (Å²) in [5.74, 6) is 0. The molecular weight excluding hydrogens is 369 g/mol. The Kier molecular flexibility index (Phi) is 6.06. The van der Waals surface area contributed by atoms with Crippen molar-refractivity contribution in [2.24, 2.45) is 0 Å². The highest BCUT2D eigenvalue weighted by atomic mass is 35.5. The Balaban J connectivity index is 0.00000210. The molecule has 0 saturated carbocycles. The standard InChI is InChI=1S/C24H21NP.ClH/c1-26(20-12-4-2-5-13-20,21-14-6-3-7-15-21)24-18-9-8-16-22(24)23-17-10-11-19-25-23;/h2-19H,1H3;1H/q+1;/p-1. The number of halogens is 1. The van der Waals surface area contributed by atoms with Crippen LogP contribution in [0.3, 0.4) is 0 Å². The van der Waals surface area contributed by atoms with E-state index in [1.807, 2.05) is 12.3 Å². The van der Waals surface area contributed by atoms with Gasteiger partial charge in [0.25, 0.3) is 0 Å². The summed E-state index contributed by atoms with van der Waals surface area (Å²) >= 11 is 0. The topological polar surface area (TPSA) is 12.9 Å². The van der Waals surface area contributed by atoms with E-state index in [0.29, 0.717) is 0 Å². The normalized spacial score (nSPS) is 10.9. The lowest BCUT2D eigenvalue weighted by molar-refractivity contribution is -0.00000510. The zero-order chi connectivity index (χ0) is 17.8. The molecule has 0 N–H and O–H groups in total. The summed E-state index contributed by atoms with van der Waals surface area (Å²) in [4.78, 5) is 4.63. The first kappa shape index (κ1) is 19.3. The molecule has 4 aromatic rings. The molecule has 0 radical (unpaired) electrons. The molecular formula is C24H21ClNP. The van der Waals surface area contributed by atoms with E-state index in [-0.39, 0.29) is 12.4 Å². The number of pyridine rings is 1. The molecule has 27 heavy (non-hydrogen) atoms. The largest absolute Gasteiger partial charge is 1.00 e. The summed E-state index contributed by atoms with van der Waals surface area (Å²) in [5, 5.41) is 4.14. The Morgan fingerprint density at radius 2 is 1.11 bits per heavy atom. The minimum Gasteiger partial charge on any atom is -1.00 e. The smallest absolute Gasteiger partial charge is 0.113 e. The fourth-order valence-electron chi connectivity index (χ4n) is 3.48. The van der Waals surface area contributed by atoms with Gasteiger partial charge in [0.1, 0.15) is 23.2 Å². The van der Waals surface area contributed by atoms with E-state index in [1.165, 1.54) is 21.5 Å². The summed E-state index contributed by atoms with van der Waals surface area (Å²) in [5.41, 5.74) is 2.25. The molecule has 1 heterocycles. The summed E-state index contributed by atoms with van der Waals surface area (Å²) in [6, 6.07) is 36.6. The van der Waals surface area contributed by atoms with Gasteiger partial charge in [-0.15, -0.1) is 0 Å². The van der Waals surface area contributed by atoms with Gasteiger partial charge in [0.05, 0.1) is 12.4 Å². The van der Waals surface area contributed by atoms with Gasteiger partial charge in [0.2, 0.25) is 0 Å². The van der Waals surface area contributed by atoms with Crippen LogP contribution < -0.4 is 28.3 Å². The van der Waals surface area contributed by atoms with Crippen molar-refractivity contribution in [2.45, 2.75) is 0 Å². The van der Waals surface area contributed by atoms with Crippen LogP contribution in [0, 0.1) is 0 Å². The van der Waals surface area contributed by atoms with E-state index in [1.54, 1.807) is 0 Å². The molecule has 0 aliphatic rings. The number of benzene rings is 3. The molecule has 3 aromatic carbocycles. The third kappa shape index (κ3) is 3.67. The van der Waals surface area contributed by atoms with Crippen molar-refractivity contribution in [3.8, 4) is 11.3 Å². The lowest BCUT2D eigenvalue weighted by Crippen LogP contribution is -3.00. The summed E-state index contributed by atoms with van der Waals surface area (Å²) in [7, 11) is -1.77. The first-order valence-electron chi connectivity index (χ1n) is 8.79. The van der Waals surface area contributed by atoms with Crippen molar-refractivity contribution in [1.82, 2.24) is 4.98 Å². The van der Waals surface area contributed by atoms with Crippen molar-refractivity contribution < 1.29 is 12.4 Å². The van der Waals surface area contributed by atoms with Crippen LogP contribution in [0.2, 0.25) is 0 Å². The maximum atomic E-state index is 4.63. The van der Waals surface area contributed by atoms with Gasteiger partial charge < -0.3 is 12.4 Å². The fraction of sp³-hybridized carbons (Fsp3) is 0.0417. The number of nitrogens with zero attached hydrogens (tertiary/aromatic N) is 1. The predicted octanol–water partition coefficient (Wildman–Crippen LogP) is 1.68. The van der Waals surface area contributed by atoms with E-state index in [4.69, 9.17) is 0 Å². The van der Waals surface area contributed by atoms with Crippen LogP contribution in [-0.2, 0) is 0 Å². The van der Waals surface area contributed by atoms with Crippen LogP contribution in [0.5, 0.6) is 0 Å². The number of aromatic nitrogens is 1. The van der Waals surface area contributed by atoms with Gasteiger partial charge in [0.15, 0.2) is 0 Å². The van der Waals surface area contributed by atoms with Gasteiger partial charge >= 0.3 is 0 Å². The predicted molar refractivity (Wildman–Crippen MR) is 114 cm³/mol. The lowest BCUT2D eigenvalue weighted by Gasteiger charge is -2.25. The SMILES string of the molecule is C[P+](c1ccccc1)(c1ccccc1)c1ccccc1-c1ccccn1.[Cl-]. The molecule has 0 amide bonds. The highest BCUT2D eigenvalue weighted by molar-refractivity contribution is 7.95. The van der Waals surface area contributed by atoms with Crippen LogP contribution in [-0.4, -0.2) is 11.6 Å². The number of hydrogen-bond donors (Lipinski definition) is 0. The average Bonchev–Trinajstić information content (AvgIpc) is 2.75. The monoisotopic (exact) mass is 389 g/mol. The van der Waals surface area contributed by atoms with E-state index < -0.39 is 7.26 Å². The third-order valence-electron chi connectivity index (χ3n) is 4.87.